The molecule has 2 heteroatoms. The molecule has 3 aromatic rings. The van der Waals surface area contributed by atoms with Crippen molar-refractivity contribution >= 4 is 22.8 Å². The number of allylic oxidation sites excluding steroid dienone is 1. The van der Waals surface area contributed by atoms with Crippen LogP contribution in [-0.4, -0.2) is 10.8 Å². The first-order valence-electron chi connectivity index (χ1n) is 6.17. The van der Waals surface area contributed by atoms with Gasteiger partial charge in [-0.05, 0) is 35.2 Å². The third-order valence-corrected chi connectivity index (χ3v) is 3.06. The average Bonchev–Trinajstić information content (AvgIpc) is 2.93. The molecule has 0 saturated carbocycles. The van der Waals surface area contributed by atoms with Gasteiger partial charge in [-0.1, -0.05) is 42.5 Å². The fourth-order valence-corrected chi connectivity index (χ4v) is 2.05. The van der Waals surface area contributed by atoms with Crippen molar-refractivity contribution in [1.29, 1.82) is 0 Å². The predicted molar refractivity (Wildman–Crippen MR) is 78.1 cm³/mol. The Hall–Kier alpha value is -2.61. The largest absolute Gasteiger partial charge is 0.361 e. The fourth-order valence-electron chi connectivity index (χ4n) is 2.05. The van der Waals surface area contributed by atoms with Crippen LogP contribution in [0.15, 0.2) is 66.9 Å². The number of rotatable bonds is 3. The number of aromatic nitrogens is 1. The van der Waals surface area contributed by atoms with E-state index in [-0.39, 0.29) is 5.78 Å². The second-order valence-electron chi connectivity index (χ2n) is 4.39. The molecule has 0 aliphatic carbocycles. The molecule has 1 N–H and O–H groups in total. The average molecular weight is 247 g/mol. The second kappa shape index (κ2) is 4.94. The Kier molecular flexibility index (Phi) is 2.99. The minimum atomic E-state index is 0.0229. The Morgan fingerprint density at radius 2 is 1.84 bits per heavy atom. The Labute approximate surface area is 111 Å². The summed E-state index contributed by atoms with van der Waals surface area (Å²) in [5.74, 6) is 0.0229. The highest BCUT2D eigenvalue weighted by Gasteiger charge is 2.00. The van der Waals surface area contributed by atoms with Crippen molar-refractivity contribution in [2.45, 2.75) is 0 Å². The molecular weight excluding hydrogens is 234 g/mol. The van der Waals surface area contributed by atoms with Gasteiger partial charge in [-0.3, -0.25) is 4.79 Å². The Morgan fingerprint density at radius 1 is 1.00 bits per heavy atom. The number of H-pyrrole nitrogens is 1. The Balaban J connectivity index is 1.84. The molecule has 2 aromatic carbocycles. The summed E-state index contributed by atoms with van der Waals surface area (Å²) >= 11 is 0. The van der Waals surface area contributed by atoms with E-state index in [0.29, 0.717) is 5.56 Å². The number of carbonyl (C=O) groups is 1. The molecule has 0 unspecified atom stereocenters. The summed E-state index contributed by atoms with van der Waals surface area (Å²) in [6.07, 6.45) is 5.37. The third-order valence-electron chi connectivity index (χ3n) is 3.06. The fraction of sp³-hybridized carbons (Fsp3) is 0. The minimum absolute atomic E-state index is 0.0229. The zero-order valence-electron chi connectivity index (χ0n) is 10.3. The highest BCUT2D eigenvalue weighted by Crippen LogP contribution is 2.15. The van der Waals surface area contributed by atoms with Gasteiger partial charge in [0.1, 0.15) is 0 Å². The molecule has 1 aromatic heterocycles. The summed E-state index contributed by atoms with van der Waals surface area (Å²) in [7, 11) is 0. The van der Waals surface area contributed by atoms with Gasteiger partial charge in [-0.15, -0.1) is 0 Å². The van der Waals surface area contributed by atoms with E-state index in [1.54, 1.807) is 6.08 Å². The van der Waals surface area contributed by atoms with E-state index in [1.165, 1.54) is 0 Å². The number of fused-ring (bicyclic) bond motifs is 1. The molecule has 19 heavy (non-hydrogen) atoms. The molecule has 0 aliphatic rings. The van der Waals surface area contributed by atoms with Crippen molar-refractivity contribution in [1.82, 2.24) is 4.98 Å². The monoisotopic (exact) mass is 247 g/mol. The van der Waals surface area contributed by atoms with Crippen LogP contribution in [0.25, 0.3) is 17.0 Å². The highest BCUT2D eigenvalue weighted by molar-refractivity contribution is 6.06. The van der Waals surface area contributed by atoms with Crippen molar-refractivity contribution in [2.24, 2.45) is 0 Å². The summed E-state index contributed by atoms with van der Waals surface area (Å²) in [5.41, 5.74) is 2.84. The van der Waals surface area contributed by atoms with Crippen LogP contribution < -0.4 is 0 Å². The molecule has 0 saturated heterocycles. The first kappa shape index (κ1) is 11.5. The van der Waals surface area contributed by atoms with E-state index in [0.717, 1.165) is 16.5 Å². The maximum absolute atomic E-state index is 11.9. The Bertz CT molecular complexity index is 738. The first-order valence-corrected chi connectivity index (χ1v) is 6.17. The van der Waals surface area contributed by atoms with Gasteiger partial charge in [-0.25, -0.2) is 0 Å². The van der Waals surface area contributed by atoms with Crippen LogP contribution in [0.2, 0.25) is 0 Å². The van der Waals surface area contributed by atoms with Crippen molar-refractivity contribution in [3.63, 3.8) is 0 Å². The lowest BCUT2D eigenvalue weighted by Crippen LogP contribution is -1.92. The van der Waals surface area contributed by atoms with Gasteiger partial charge in [0, 0.05) is 17.3 Å². The van der Waals surface area contributed by atoms with Crippen molar-refractivity contribution < 1.29 is 4.79 Å². The summed E-state index contributed by atoms with van der Waals surface area (Å²) in [6, 6.07) is 17.4. The molecule has 0 spiro atoms. The van der Waals surface area contributed by atoms with Gasteiger partial charge >= 0.3 is 0 Å². The van der Waals surface area contributed by atoms with E-state index < -0.39 is 0 Å². The standard InChI is InChI=1S/C17H13NO/c19-17(14-4-2-1-3-5-14)9-7-13-6-8-16-15(12-13)10-11-18-16/h1-12,18H/b9-7+. The van der Waals surface area contributed by atoms with Crippen LogP contribution >= 0.6 is 0 Å². The number of aromatic amines is 1. The number of carbonyl (C=O) groups excluding carboxylic acids is 1. The van der Waals surface area contributed by atoms with Crippen molar-refractivity contribution in [3.8, 4) is 0 Å². The van der Waals surface area contributed by atoms with Gasteiger partial charge in [0.15, 0.2) is 5.78 Å². The second-order valence-corrected chi connectivity index (χ2v) is 4.39. The summed E-state index contributed by atoms with van der Waals surface area (Å²) < 4.78 is 0. The van der Waals surface area contributed by atoms with Gasteiger partial charge in [0.25, 0.3) is 0 Å². The first-order chi connectivity index (χ1) is 9.33. The maximum atomic E-state index is 11.9. The van der Waals surface area contributed by atoms with Crippen molar-refractivity contribution in [2.75, 3.05) is 0 Å². The lowest BCUT2D eigenvalue weighted by Gasteiger charge is -1.96. The van der Waals surface area contributed by atoms with Gasteiger partial charge in [-0.2, -0.15) is 0 Å². The third kappa shape index (κ3) is 2.47. The molecule has 0 bridgehead atoms. The van der Waals surface area contributed by atoms with Gasteiger partial charge < -0.3 is 4.98 Å². The van der Waals surface area contributed by atoms with E-state index >= 15 is 0 Å². The van der Waals surface area contributed by atoms with Crippen molar-refractivity contribution in [3.05, 3.63) is 78.0 Å². The molecule has 3 rings (SSSR count). The zero-order chi connectivity index (χ0) is 13.1. The van der Waals surface area contributed by atoms with Crippen LogP contribution in [0.1, 0.15) is 15.9 Å². The van der Waals surface area contributed by atoms with Crippen LogP contribution in [0.4, 0.5) is 0 Å². The molecule has 0 aliphatic heterocycles. The lowest BCUT2D eigenvalue weighted by atomic mass is 10.1. The number of hydrogen-bond donors (Lipinski definition) is 1. The number of hydrogen-bond acceptors (Lipinski definition) is 1. The SMILES string of the molecule is O=C(/C=C/c1ccc2[nH]ccc2c1)c1ccccc1. The molecule has 0 atom stereocenters. The lowest BCUT2D eigenvalue weighted by molar-refractivity contribution is 0.104. The molecule has 92 valence electrons. The summed E-state index contributed by atoms with van der Waals surface area (Å²) in [5, 5.41) is 1.15. The van der Waals surface area contributed by atoms with E-state index in [2.05, 4.69) is 11.1 Å². The molecular formula is C17H13NO. The molecule has 2 nitrogen and oxygen atoms in total. The Morgan fingerprint density at radius 3 is 2.68 bits per heavy atom. The number of nitrogens with one attached hydrogen (secondary N) is 1. The maximum Gasteiger partial charge on any atom is 0.185 e. The number of benzene rings is 2. The zero-order valence-corrected chi connectivity index (χ0v) is 10.3. The van der Waals surface area contributed by atoms with E-state index in [4.69, 9.17) is 0 Å². The summed E-state index contributed by atoms with van der Waals surface area (Å²) in [6.45, 7) is 0. The highest BCUT2D eigenvalue weighted by atomic mass is 16.1. The van der Waals surface area contributed by atoms with Gasteiger partial charge in [0.2, 0.25) is 0 Å². The summed E-state index contributed by atoms with van der Waals surface area (Å²) in [4.78, 5) is 15.1. The minimum Gasteiger partial charge on any atom is -0.361 e. The molecule has 0 amide bonds. The van der Waals surface area contributed by atoms with E-state index in [1.807, 2.05) is 60.8 Å². The van der Waals surface area contributed by atoms with E-state index in [9.17, 15) is 4.79 Å². The predicted octanol–water partition coefficient (Wildman–Crippen LogP) is 4.06. The molecule has 0 fully saturated rings. The van der Waals surface area contributed by atoms with Gasteiger partial charge in [0.05, 0.1) is 0 Å². The van der Waals surface area contributed by atoms with Crippen LogP contribution in [0.5, 0.6) is 0 Å². The van der Waals surface area contributed by atoms with Crippen LogP contribution in [0, 0.1) is 0 Å². The molecule has 1 heterocycles. The topological polar surface area (TPSA) is 32.9 Å². The number of ketones is 1. The smallest absolute Gasteiger partial charge is 0.185 e. The van der Waals surface area contributed by atoms with Crippen LogP contribution in [0.3, 0.4) is 0 Å². The quantitative estimate of drug-likeness (QED) is 0.549. The van der Waals surface area contributed by atoms with Crippen LogP contribution in [-0.2, 0) is 0 Å². The molecule has 0 radical (unpaired) electrons. The normalized spacial score (nSPS) is 11.2.